The van der Waals surface area contributed by atoms with Gasteiger partial charge in [-0.3, -0.25) is 14.5 Å². The van der Waals surface area contributed by atoms with Crippen LogP contribution in [0, 0.1) is 5.82 Å². The third kappa shape index (κ3) is 4.89. The minimum atomic E-state index is -0.597. The average Bonchev–Trinajstić information content (AvgIpc) is 2.49. The molecule has 2 amide bonds. The van der Waals surface area contributed by atoms with E-state index in [-0.39, 0.29) is 23.8 Å². The maximum atomic E-state index is 12.9. The zero-order valence-electron chi connectivity index (χ0n) is 12.8. The molecule has 6 heteroatoms. The number of hydrogen-bond donors (Lipinski definition) is 2. The predicted molar refractivity (Wildman–Crippen MR) is 86.3 cm³/mol. The van der Waals surface area contributed by atoms with Gasteiger partial charge in [-0.15, -0.1) is 0 Å². The Kier molecular flexibility index (Phi) is 5.43. The second-order valence-corrected chi connectivity index (χ2v) is 5.26. The normalized spacial score (nSPS) is 10.6. The maximum Gasteiger partial charge on any atom is 0.250 e. The molecule has 0 radical (unpaired) electrons. The van der Waals surface area contributed by atoms with Crippen LogP contribution in [0.25, 0.3) is 0 Å². The monoisotopic (exact) mass is 315 g/mol. The van der Waals surface area contributed by atoms with E-state index in [1.54, 1.807) is 48.3 Å². The summed E-state index contributed by atoms with van der Waals surface area (Å²) in [6.07, 6.45) is 0. The van der Waals surface area contributed by atoms with Crippen LogP contribution in [0.4, 0.5) is 10.1 Å². The van der Waals surface area contributed by atoms with Crippen molar-refractivity contribution in [2.24, 2.45) is 5.73 Å². The first-order chi connectivity index (χ1) is 11.0. The van der Waals surface area contributed by atoms with Gasteiger partial charge in [0.15, 0.2) is 0 Å². The van der Waals surface area contributed by atoms with Crippen molar-refractivity contribution in [2.45, 2.75) is 6.54 Å². The zero-order chi connectivity index (χ0) is 16.8. The fourth-order valence-corrected chi connectivity index (χ4v) is 2.20. The van der Waals surface area contributed by atoms with Crippen molar-refractivity contribution >= 4 is 17.5 Å². The molecule has 0 fully saturated rings. The first kappa shape index (κ1) is 16.6. The Morgan fingerprint density at radius 3 is 2.43 bits per heavy atom. The number of carbonyl (C=O) groups excluding carboxylic acids is 2. The van der Waals surface area contributed by atoms with Gasteiger partial charge < -0.3 is 11.1 Å². The van der Waals surface area contributed by atoms with Crippen molar-refractivity contribution in [3.8, 4) is 0 Å². The van der Waals surface area contributed by atoms with Crippen LogP contribution in [0.2, 0.25) is 0 Å². The molecule has 23 heavy (non-hydrogen) atoms. The number of halogens is 1. The van der Waals surface area contributed by atoms with Crippen molar-refractivity contribution < 1.29 is 14.0 Å². The zero-order valence-corrected chi connectivity index (χ0v) is 12.8. The van der Waals surface area contributed by atoms with Crippen LogP contribution in [-0.4, -0.2) is 30.3 Å². The van der Waals surface area contributed by atoms with Crippen LogP contribution in [0.5, 0.6) is 0 Å². The van der Waals surface area contributed by atoms with Gasteiger partial charge in [0.2, 0.25) is 5.91 Å². The number of benzene rings is 2. The molecule has 0 spiro atoms. The number of carbonyl (C=O) groups is 2. The van der Waals surface area contributed by atoms with Gasteiger partial charge in [-0.05, 0) is 36.9 Å². The largest absolute Gasteiger partial charge is 0.366 e. The summed E-state index contributed by atoms with van der Waals surface area (Å²) in [5, 5.41) is 2.68. The summed E-state index contributed by atoms with van der Waals surface area (Å²) >= 11 is 0. The lowest BCUT2D eigenvalue weighted by Crippen LogP contribution is -2.30. The van der Waals surface area contributed by atoms with Gasteiger partial charge in [-0.1, -0.05) is 24.3 Å². The molecule has 0 aliphatic carbocycles. The van der Waals surface area contributed by atoms with Gasteiger partial charge in [0.05, 0.1) is 17.8 Å². The van der Waals surface area contributed by atoms with Crippen molar-refractivity contribution in [3.05, 3.63) is 65.5 Å². The smallest absolute Gasteiger partial charge is 0.250 e. The van der Waals surface area contributed by atoms with Gasteiger partial charge in [0.1, 0.15) is 5.82 Å². The molecule has 2 aromatic carbocycles. The Balaban J connectivity index is 1.94. The van der Waals surface area contributed by atoms with Gasteiger partial charge in [0, 0.05) is 6.54 Å². The second kappa shape index (κ2) is 7.51. The number of para-hydroxylation sites is 1. The molecule has 2 rings (SSSR count). The number of anilines is 1. The average molecular weight is 315 g/mol. The summed E-state index contributed by atoms with van der Waals surface area (Å²) in [5.74, 6) is -1.15. The molecule has 0 atom stereocenters. The quantitative estimate of drug-likeness (QED) is 0.856. The van der Waals surface area contributed by atoms with Crippen molar-refractivity contribution in [1.29, 1.82) is 0 Å². The summed E-state index contributed by atoms with van der Waals surface area (Å²) in [5.41, 5.74) is 6.83. The van der Waals surface area contributed by atoms with E-state index in [0.29, 0.717) is 12.2 Å². The lowest BCUT2D eigenvalue weighted by atomic mass is 10.1. The van der Waals surface area contributed by atoms with E-state index in [1.165, 1.54) is 12.1 Å². The summed E-state index contributed by atoms with van der Waals surface area (Å²) in [6, 6.07) is 12.7. The first-order valence-electron chi connectivity index (χ1n) is 7.07. The van der Waals surface area contributed by atoms with Crippen LogP contribution in [0.1, 0.15) is 15.9 Å². The second-order valence-electron chi connectivity index (χ2n) is 5.26. The third-order valence-corrected chi connectivity index (χ3v) is 3.25. The maximum absolute atomic E-state index is 12.9. The SMILES string of the molecule is CN(CC(=O)Nc1ccccc1C(N)=O)Cc1ccc(F)cc1. The minimum Gasteiger partial charge on any atom is -0.366 e. The Labute approximate surface area is 133 Å². The van der Waals surface area contributed by atoms with E-state index in [4.69, 9.17) is 5.73 Å². The first-order valence-corrected chi connectivity index (χ1v) is 7.07. The lowest BCUT2D eigenvalue weighted by Gasteiger charge is -2.17. The summed E-state index contributed by atoms with van der Waals surface area (Å²) in [7, 11) is 1.78. The Morgan fingerprint density at radius 1 is 1.13 bits per heavy atom. The molecule has 0 aliphatic heterocycles. The van der Waals surface area contributed by atoms with Gasteiger partial charge in [-0.2, -0.15) is 0 Å². The van der Waals surface area contributed by atoms with Gasteiger partial charge in [-0.25, -0.2) is 4.39 Å². The fourth-order valence-electron chi connectivity index (χ4n) is 2.20. The van der Waals surface area contributed by atoms with Crippen LogP contribution >= 0.6 is 0 Å². The number of primary amides is 1. The molecule has 0 heterocycles. The van der Waals surface area contributed by atoms with E-state index in [0.717, 1.165) is 5.56 Å². The van der Waals surface area contributed by atoms with E-state index in [2.05, 4.69) is 5.32 Å². The highest BCUT2D eigenvalue weighted by molar-refractivity contribution is 6.03. The third-order valence-electron chi connectivity index (χ3n) is 3.25. The molecule has 0 aliphatic rings. The molecular formula is C17H18FN3O2. The molecular weight excluding hydrogens is 297 g/mol. The highest BCUT2D eigenvalue weighted by atomic mass is 19.1. The van der Waals surface area contributed by atoms with E-state index in [1.807, 2.05) is 0 Å². The van der Waals surface area contributed by atoms with E-state index in [9.17, 15) is 14.0 Å². The van der Waals surface area contributed by atoms with Crippen LogP contribution in [0.15, 0.2) is 48.5 Å². The molecule has 0 aromatic heterocycles. The van der Waals surface area contributed by atoms with Crippen molar-refractivity contribution in [2.75, 3.05) is 18.9 Å². The number of nitrogens with zero attached hydrogens (tertiary/aromatic N) is 1. The number of hydrogen-bond acceptors (Lipinski definition) is 3. The predicted octanol–water partition coefficient (Wildman–Crippen LogP) is 2.00. The van der Waals surface area contributed by atoms with Crippen LogP contribution in [0.3, 0.4) is 0 Å². The number of amides is 2. The van der Waals surface area contributed by atoms with Crippen molar-refractivity contribution in [1.82, 2.24) is 4.90 Å². The molecule has 2 aromatic rings. The highest BCUT2D eigenvalue weighted by Gasteiger charge is 2.12. The Morgan fingerprint density at radius 2 is 1.78 bits per heavy atom. The number of rotatable bonds is 6. The summed E-state index contributed by atoms with van der Waals surface area (Å²) < 4.78 is 12.9. The van der Waals surface area contributed by atoms with Crippen LogP contribution in [-0.2, 0) is 11.3 Å². The molecule has 120 valence electrons. The molecule has 0 bridgehead atoms. The molecule has 0 unspecified atom stereocenters. The summed E-state index contributed by atoms with van der Waals surface area (Å²) in [6.45, 7) is 0.635. The minimum absolute atomic E-state index is 0.129. The summed E-state index contributed by atoms with van der Waals surface area (Å²) in [4.78, 5) is 25.2. The topological polar surface area (TPSA) is 75.4 Å². The molecule has 0 saturated heterocycles. The molecule has 0 saturated carbocycles. The van der Waals surface area contributed by atoms with Gasteiger partial charge >= 0.3 is 0 Å². The van der Waals surface area contributed by atoms with Crippen molar-refractivity contribution in [3.63, 3.8) is 0 Å². The Bertz CT molecular complexity index is 701. The number of nitrogens with two attached hydrogens (primary N) is 1. The number of nitrogens with one attached hydrogen (secondary N) is 1. The Hall–Kier alpha value is -2.73. The highest BCUT2D eigenvalue weighted by Crippen LogP contribution is 2.14. The lowest BCUT2D eigenvalue weighted by molar-refractivity contribution is -0.117. The van der Waals surface area contributed by atoms with E-state index < -0.39 is 5.91 Å². The molecule has 3 N–H and O–H groups in total. The number of likely N-dealkylation sites (N-methyl/N-ethyl adjacent to an activating group) is 1. The van der Waals surface area contributed by atoms with Gasteiger partial charge in [0.25, 0.3) is 5.91 Å². The standard InChI is InChI=1S/C17H18FN3O2/c1-21(10-12-6-8-13(18)9-7-12)11-16(22)20-15-5-3-2-4-14(15)17(19)23/h2-9H,10-11H2,1H3,(H2,19,23)(H,20,22). The molecule has 5 nitrogen and oxygen atoms in total. The van der Waals surface area contributed by atoms with E-state index >= 15 is 0 Å². The fraction of sp³-hybridized carbons (Fsp3) is 0.176. The van der Waals surface area contributed by atoms with Crippen LogP contribution < -0.4 is 11.1 Å².